The Labute approximate surface area is 119 Å². The fourth-order valence-electron chi connectivity index (χ4n) is 2.05. The van der Waals surface area contributed by atoms with Crippen LogP contribution >= 0.6 is 11.6 Å². The summed E-state index contributed by atoms with van der Waals surface area (Å²) in [7, 11) is 5.72. The van der Waals surface area contributed by atoms with E-state index in [1.165, 1.54) is 0 Å². The number of halogens is 1. The summed E-state index contributed by atoms with van der Waals surface area (Å²) in [5.74, 6) is 5.67. The maximum atomic E-state index is 6.24. The molecule has 3 N–H and O–H groups in total. The van der Waals surface area contributed by atoms with E-state index >= 15 is 0 Å². The highest BCUT2D eigenvalue weighted by Gasteiger charge is 2.26. The molecule has 0 saturated heterocycles. The van der Waals surface area contributed by atoms with Crippen molar-refractivity contribution in [2.24, 2.45) is 5.84 Å². The fourth-order valence-corrected chi connectivity index (χ4v) is 2.31. The molecule has 0 amide bonds. The average Bonchev–Trinajstić information content (AvgIpc) is 2.74. The van der Waals surface area contributed by atoms with Crippen LogP contribution < -0.4 is 11.3 Å². The van der Waals surface area contributed by atoms with Gasteiger partial charge < -0.3 is 9.64 Å². The summed E-state index contributed by atoms with van der Waals surface area (Å²) < 4.78 is 7.34. The van der Waals surface area contributed by atoms with Crippen LogP contribution in [0.5, 0.6) is 0 Å². The highest BCUT2D eigenvalue weighted by Crippen LogP contribution is 2.27. The second-order valence-electron chi connectivity index (χ2n) is 4.73. The van der Waals surface area contributed by atoms with Crippen LogP contribution in [0.2, 0.25) is 5.02 Å². The molecule has 2 atom stereocenters. The molecule has 0 bridgehead atoms. The van der Waals surface area contributed by atoms with E-state index in [1.54, 1.807) is 13.3 Å². The van der Waals surface area contributed by atoms with Crippen molar-refractivity contribution in [3.05, 3.63) is 16.9 Å². The monoisotopic (exact) mass is 289 g/mol. The molecule has 1 aromatic rings. The molecule has 0 aliphatic rings. The first-order valence-corrected chi connectivity index (χ1v) is 6.77. The van der Waals surface area contributed by atoms with Crippen molar-refractivity contribution in [2.45, 2.75) is 32.0 Å². The van der Waals surface area contributed by atoms with Crippen molar-refractivity contribution in [2.75, 3.05) is 27.7 Å². The van der Waals surface area contributed by atoms with Crippen molar-refractivity contribution in [3.8, 4) is 0 Å². The second kappa shape index (κ2) is 7.81. The van der Waals surface area contributed by atoms with Crippen LogP contribution in [-0.2, 0) is 11.3 Å². The van der Waals surface area contributed by atoms with Crippen LogP contribution in [0.3, 0.4) is 0 Å². The number of ether oxygens (including phenoxy) is 1. The molecular formula is C12H24ClN5O. The minimum atomic E-state index is -0.174. The SMILES string of the molecule is CCC(OC)C(NN)c1c(Cl)cnn1CCN(C)C. The molecule has 1 rings (SSSR count). The minimum absolute atomic E-state index is 0.0442. The number of rotatable bonds is 8. The van der Waals surface area contributed by atoms with E-state index in [0.717, 1.165) is 25.2 Å². The van der Waals surface area contributed by atoms with Crippen LogP contribution in [0.25, 0.3) is 0 Å². The van der Waals surface area contributed by atoms with Crippen molar-refractivity contribution < 1.29 is 4.74 Å². The highest BCUT2D eigenvalue weighted by molar-refractivity contribution is 6.31. The Balaban J connectivity index is 2.98. The fraction of sp³-hybridized carbons (Fsp3) is 0.750. The first kappa shape index (κ1) is 16.4. The van der Waals surface area contributed by atoms with Gasteiger partial charge in [-0.1, -0.05) is 18.5 Å². The van der Waals surface area contributed by atoms with E-state index in [0.29, 0.717) is 5.02 Å². The van der Waals surface area contributed by atoms with Gasteiger partial charge in [-0.3, -0.25) is 10.5 Å². The lowest BCUT2D eigenvalue weighted by Crippen LogP contribution is -2.39. The van der Waals surface area contributed by atoms with Gasteiger partial charge in [0.2, 0.25) is 0 Å². The normalized spacial score (nSPS) is 14.9. The predicted molar refractivity (Wildman–Crippen MR) is 76.9 cm³/mol. The Morgan fingerprint density at radius 1 is 1.58 bits per heavy atom. The maximum absolute atomic E-state index is 6.24. The Morgan fingerprint density at radius 3 is 2.74 bits per heavy atom. The number of methoxy groups -OCH3 is 1. The summed E-state index contributed by atoms with van der Waals surface area (Å²) in [6.07, 6.45) is 2.44. The molecule has 0 aliphatic heterocycles. The molecule has 0 saturated carbocycles. The van der Waals surface area contributed by atoms with Gasteiger partial charge in [0.15, 0.2) is 0 Å². The lowest BCUT2D eigenvalue weighted by molar-refractivity contribution is 0.0621. The van der Waals surface area contributed by atoms with Crippen LogP contribution in [-0.4, -0.2) is 48.5 Å². The number of nitrogens with two attached hydrogens (primary N) is 1. The molecule has 6 nitrogen and oxygen atoms in total. The summed E-state index contributed by atoms with van der Waals surface area (Å²) in [5, 5.41) is 4.92. The van der Waals surface area contributed by atoms with Crippen LogP contribution in [0.1, 0.15) is 25.1 Å². The van der Waals surface area contributed by atoms with Crippen LogP contribution in [0.15, 0.2) is 6.20 Å². The lowest BCUT2D eigenvalue weighted by atomic mass is 10.1. The lowest BCUT2D eigenvalue weighted by Gasteiger charge is -2.26. The zero-order valence-corrected chi connectivity index (χ0v) is 12.8. The smallest absolute Gasteiger partial charge is 0.0905 e. The number of hydrogen-bond acceptors (Lipinski definition) is 5. The summed E-state index contributed by atoms with van der Waals surface area (Å²) >= 11 is 6.24. The first-order valence-electron chi connectivity index (χ1n) is 6.40. The van der Waals surface area contributed by atoms with Gasteiger partial charge in [-0.05, 0) is 20.5 Å². The van der Waals surface area contributed by atoms with Crippen molar-refractivity contribution >= 4 is 11.6 Å². The van der Waals surface area contributed by atoms with Crippen molar-refractivity contribution in [1.82, 2.24) is 20.1 Å². The molecule has 2 unspecified atom stereocenters. The molecule has 1 heterocycles. The van der Waals surface area contributed by atoms with Crippen molar-refractivity contribution in [3.63, 3.8) is 0 Å². The van der Waals surface area contributed by atoms with Gasteiger partial charge in [0.25, 0.3) is 0 Å². The maximum Gasteiger partial charge on any atom is 0.0905 e. The molecule has 0 radical (unpaired) electrons. The molecule has 0 aromatic carbocycles. The average molecular weight is 290 g/mol. The quantitative estimate of drug-likeness (QED) is 0.553. The number of nitrogens with one attached hydrogen (secondary N) is 1. The molecule has 110 valence electrons. The zero-order chi connectivity index (χ0) is 14.4. The molecule has 0 aliphatic carbocycles. The summed E-state index contributed by atoms with van der Waals surface area (Å²) in [6, 6.07) is -0.174. The second-order valence-corrected chi connectivity index (χ2v) is 5.14. The number of hydrazine groups is 1. The first-order chi connectivity index (χ1) is 9.04. The third kappa shape index (κ3) is 4.15. The summed E-state index contributed by atoms with van der Waals surface area (Å²) in [5.41, 5.74) is 3.67. The third-order valence-corrected chi connectivity index (χ3v) is 3.43. The zero-order valence-electron chi connectivity index (χ0n) is 12.1. The molecule has 19 heavy (non-hydrogen) atoms. The predicted octanol–water partition coefficient (Wildman–Crippen LogP) is 1.03. The number of likely N-dealkylation sites (N-methyl/N-ethyl adjacent to an activating group) is 1. The summed E-state index contributed by atoms with van der Waals surface area (Å²) in [6.45, 7) is 3.69. The van der Waals surface area contributed by atoms with E-state index in [1.807, 2.05) is 25.7 Å². The third-order valence-electron chi connectivity index (χ3n) is 3.14. The van der Waals surface area contributed by atoms with E-state index in [9.17, 15) is 0 Å². The van der Waals surface area contributed by atoms with Gasteiger partial charge in [0.1, 0.15) is 0 Å². The van der Waals surface area contributed by atoms with Gasteiger partial charge in [-0.25, -0.2) is 5.43 Å². The molecule has 0 fully saturated rings. The number of aromatic nitrogens is 2. The van der Waals surface area contributed by atoms with Gasteiger partial charge in [-0.2, -0.15) is 5.10 Å². The van der Waals surface area contributed by atoms with Gasteiger partial charge in [-0.15, -0.1) is 0 Å². The van der Waals surface area contributed by atoms with Crippen LogP contribution in [0.4, 0.5) is 0 Å². The Kier molecular flexibility index (Phi) is 6.74. The highest BCUT2D eigenvalue weighted by atomic mass is 35.5. The van der Waals surface area contributed by atoms with Gasteiger partial charge in [0.05, 0.1) is 35.6 Å². The number of nitrogens with zero attached hydrogens (tertiary/aromatic N) is 3. The van der Waals surface area contributed by atoms with Crippen molar-refractivity contribution in [1.29, 1.82) is 0 Å². The van der Waals surface area contributed by atoms with E-state index in [4.69, 9.17) is 22.2 Å². The van der Waals surface area contributed by atoms with E-state index in [-0.39, 0.29) is 12.1 Å². The Morgan fingerprint density at radius 2 is 2.26 bits per heavy atom. The van der Waals surface area contributed by atoms with E-state index in [2.05, 4.69) is 15.4 Å². The molecule has 7 heteroatoms. The van der Waals surface area contributed by atoms with Gasteiger partial charge in [0, 0.05) is 13.7 Å². The van der Waals surface area contributed by atoms with Gasteiger partial charge >= 0.3 is 0 Å². The standard InChI is InChI=1S/C12H24ClN5O/c1-5-10(19-4)11(16-14)12-9(13)8-15-18(12)7-6-17(2)3/h8,10-11,16H,5-7,14H2,1-4H3. The molecule has 0 spiro atoms. The van der Waals surface area contributed by atoms with Crippen LogP contribution in [0, 0.1) is 0 Å². The Bertz CT molecular complexity index is 378. The molecule has 1 aromatic heterocycles. The molecular weight excluding hydrogens is 266 g/mol. The van der Waals surface area contributed by atoms with E-state index < -0.39 is 0 Å². The minimum Gasteiger partial charge on any atom is -0.379 e. The topological polar surface area (TPSA) is 68.3 Å². The number of hydrogen-bond donors (Lipinski definition) is 2. The Hall–Kier alpha value is -0.660. The summed E-state index contributed by atoms with van der Waals surface area (Å²) in [4.78, 5) is 2.10. The largest absolute Gasteiger partial charge is 0.379 e.